The summed E-state index contributed by atoms with van der Waals surface area (Å²) in [5.41, 5.74) is 0. The Kier molecular flexibility index (Phi) is 5.96. The van der Waals surface area contributed by atoms with E-state index in [0.29, 0.717) is 18.1 Å². The second kappa shape index (κ2) is 7.33. The Hall–Kier alpha value is -0.270. The normalized spacial score (nSPS) is 33.8. The molecule has 0 bridgehead atoms. The largest absolute Gasteiger partial charge is 0.469 e. The van der Waals surface area contributed by atoms with Crippen LogP contribution in [0.3, 0.4) is 0 Å². The first kappa shape index (κ1) is 17.1. The lowest BCUT2D eigenvalue weighted by molar-refractivity contribution is -0.145. The molecule has 2 rings (SSSR count). The summed E-state index contributed by atoms with van der Waals surface area (Å²) < 4.78 is 32.7. The Labute approximate surface area is 131 Å². The van der Waals surface area contributed by atoms with Gasteiger partial charge in [0.05, 0.1) is 18.3 Å². The molecule has 0 radical (unpaired) electrons. The van der Waals surface area contributed by atoms with E-state index in [2.05, 4.69) is 11.0 Å². The van der Waals surface area contributed by atoms with E-state index >= 15 is 0 Å². The van der Waals surface area contributed by atoms with Crippen LogP contribution >= 0.6 is 11.8 Å². The van der Waals surface area contributed by atoms with Gasteiger partial charge in [0.1, 0.15) is 0 Å². The van der Waals surface area contributed by atoms with Crippen LogP contribution in [-0.4, -0.2) is 44.3 Å². The quantitative estimate of drug-likeness (QED) is 0.777. The van der Waals surface area contributed by atoms with Crippen molar-refractivity contribution in [1.82, 2.24) is 4.72 Å². The maximum absolute atomic E-state index is 12.6. The van der Waals surface area contributed by atoms with Crippen molar-refractivity contribution in [3.8, 4) is 0 Å². The zero-order valence-corrected chi connectivity index (χ0v) is 14.3. The van der Waals surface area contributed by atoms with Crippen LogP contribution in [0.1, 0.15) is 44.9 Å². The van der Waals surface area contributed by atoms with Gasteiger partial charge in [0, 0.05) is 11.3 Å². The molecule has 21 heavy (non-hydrogen) atoms. The highest BCUT2D eigenvalue weighted by Crippen LogP contribution is 2.33. The molecule has 2 aliphatic carbocycles. The SMILES string of the molecule is COC(=O)C1CCCC1S(=O)(=O)NC1CCC(SC)CC1. The van der Waals surface area contributed by atoms with Gasteiger partial charge in [-0.25, -0.2) is 13.1 Å². The second-order valence-corrected chi connectivity index (χ2v) is 9.04. The van der Waals surface area contributed by atoms with Crippen molar-refractivity contribution in [2.75, 3.05) is 13.4 Å². The van der Waals surface area contributed by atoms with E-state index in [9.17, 15) is 13.2 Å². The highest BCUT2D eigenvalue weighted by atomic mass is 32.2. The molecule has 122 valence electrons. The van der Waals surface area contributed by atoms with Crippen LogP contribution < -0.4 is 4.72 Å². The van der Waals surface area contributed by atoms with Crippen molar-refractivity contribution in [1.29, 1.82) is 0 Å². The number of hydrogen-bond acceptors (Lipinski definition) is 5. The lowest BCUT2D eigenvalue weighted by Crippen LogP contribution is -2.45. The predicted molar refractivity (Wildman–Crippen MR) is 84.8 cm³/mol. The van der Waals surface area contributed by atoms with E-state index in [1.165, 1.54) is 7.11 Å². The fraction of sp³-hybridized carbons (Fsp3) is 0.929. The van der Waals surface area contributed by atoms with Gasteiger partial charge in [-0.05, 0) is 44.8 Å². The van der Waals surface area contributed by atoms with Crippen LogP contribution in [-0.2, 0) is 19.6 Å². The number of carbonyl (C=O) groups excluding carboxylic acids is 1. The van der Waals surface area contributed by atoms with Crippen molar-refractivity contribution in [3.63, 3.8) is 0 Å². The third-order valence-corrected chi connectivity index (χ3v) is 7.85. The molecule has 2 saturated carbocycles. The smallest absolute Gasteiger partial charge is 0.310 e. The average Bonchev–Trinajstić information content (AvgIpc) is 2.97. The van der Waals surface area contributed by atoms with Crippen molar-refractivity contribution in [2.24, 2.45) is 5.92 Å². The number of sulfonamides is 1. The van der Waals surface area contributed by atoms with Gasteiger partial charge in [-0.15, -0.1) is 0 Å². The minimum Gasteiger partial charge on any atom is -0.469 e. The molecule has 2 atom stereocenters. The summed E-state index contributed by atoms with van der Waals surface area (Å²) in [4.78, 5) is 11.7. The van der Waals surface area contributed by atoms with E-state index in [1.54, 1.807) is 0 Å². The van der Waals surface area contributed by atoms with Gasteiger partial charge in [-0.1, -0.05) is 6.42 Å². The number of hydrogen-bond donors (Lipinski definition) is 1. The van der Waals surface area contributed by atoms with E-state index in [1.807, 2.05) is 11.8 Å². The minimum atomic E-state index is -3.45. The van der Waals surface area contributed by atoms with Gasteiger partial charge in [-0.2, -0.15) is 11.8 Å². The summed E-state index contributed by atoms with van der Waals surface area (Å²) in [6.07, 6.45) is 7.92. The summed E-state index contributed by atoms with van der Waals surface area (Å²) in [7, 11) is -2.12. The molecule has 0 aliphatic heterocycles. The van der Waals surface area contributed by atoms with Crippen molar-refractivity contribution in [3.05, 3.63) is 0 Å². The number of rotatable bonds is 5. The Balaban J connectivity index is 1.97. The van der Waals surface area contributed by atoms with Crippen molar-refractivity contribution < 1.29 is 17.9 Å². The number of carbonyl (C=O) groups is 1. The van der Waals surface area contributed by atoms with Crippen molar-refractivity contribution in [2.45, 2.75) is 61.5 Å². The molecule has 7 heteroatoms. The number of thioether (sulfide) groups is 1. The molecule has 1 N–H and O–H groups in total. The van der Waals surface area contributed by atoms with Gasteiger partial charge < -0.3 is 4.74 Å². The molecule has 0 aromatic heterocycles. The van der Waals surface area contributed by atoms with E-state index in [4.69, 9.17) is 4.74 Å². The van der Waals surface area contributed by atoms with Gasteiger partial charge >= 0.3 is 5.97 Å². The Bertz CT molecular complexity index is 458. The Morgan fingerprint density at radius 3 is 2.38 bits per heavy atom. The standard InChI is InChI=1S/C14H25NO4S2/c1-19-14(16)12-4-3-5-13(12)21(17,18)15-10-6-8-11(20-2)9-7-10/h10-13,15H,3-9H2,1-2H3. The fourth-order valence-corrected chi connectivity index (χ4v) is 6.23. The van der Waals surface area contributed by atoms with Crippen LogP contribution in [0.5, 0.6) is 0 Å². The monoisotopic (exact) mass is 335 g/mol. The number of nitrogens with one attached hydrogen (secondary N) is 1. The summed E-state index contributed by atoms with van der Waals surface area (Å²) in [5.74, 6) is -0.899. The zero-order valence-electron chi connectivity index (χ0n) is 12.7. The number of esters is 1. The lowest BCUT2D eigenvalue weighted by atomic mass is 9.96. The molecule has 0 aromatic rings. The zero-order chi connectivity index (χ0) is 15.5. The molecule has 0 amide bonds. The highest BCUT2D eigenvalue weighted by molar-refractivity contribution is 7.99. The first-order valence-electron chi connectivity index (χ1n) is 7.59. The topological polar surface area (TPSA) is 72.5 Å². The van der Waals surface area contributed by atoms with Crippen LogP contribution in [0.25, 0.3) is 0 Å². The third kappa shape index (κ3) is 4.13. The van der Waals surface area contributed by atoms with Gasteiger partial charge in [0.25, 0.3) is 0 Å². The maximum Gasteiger partial charge on any atom is 0.310 e. The molecule has 0 spiro atoms. The van der Waals surface area contributed by atoms with E-state index in [0.717, 1.165) is 32.1 Å². The average molecular weight is 335 g/mol. The lowest BCUT2D eigenvalue weighted by Gasteiger charge is -2.29. The molecule has 0 heterocycles. The van der Waals surface area contributed by atoms with Crippen LogP contribution in [0, 0.1) is 5.92 Å². The Morgan fingerprint density at radius 1 is 1.14 bits per heavy atom. The predicted octanol–water partition coefficient (Wildman–Crippen LogP) is 1.92. The molecule has 5 nitrogen and oxygen atoms in total. The van der Waals surface area contributed by atoms with Crippen LogP contribution in [0.2, 0.25) is 0 Å². The summed E-state index contributed by atoms with van der Waals surface area (Å²) >= 11 is 1.86. The highest BCUT2D eigenvalue weighted by Gasteiger charge is 2.43. The van der Waals surface area contributed by atoms with Gasteiger partial charge in [-0.3, -0.25) is 4.79 Å². The first-order chi connectivity index (χ1) is 9.97. The molecule has 2 aliphatic rings. The van der Waals surface area contributed by atoms with Crippen LogP contribution in [0.4, 0.5) is 0 Å². The van der Waals surface area contributed by atoms with E-state index in [-0.39, 0.29) is 6.04 Å². The first-order valence-corrected chi connectivity index (χ1v) is 10.4. The summed E-state index contributed by atoms with van der Waals surface area (Å²) in [6.45, 7) is 0. The Morgan fingerprint density at radius 2 is 1.81 bits per heavy atom. The summed E-state index contributed by atoms with van der Waals surface area (Å²) in [6, 6.07) is 0.0253. The third-order valence-electron chi connectivity index (χ3n) is 4.69. The molecule has 0 saturated heterocycles. The van der Waals surface area contributed by atoms with Gasteiger partial charge in [0.2, 0.25) is 10.0 Å². The summed E-state index contributed by atoms with van der Waals surface area (Å²) in [5, 5.41) is 0.0308. The minimum absolute atomic E-state index is 0.0253. The van der Waals surface area contributed by atoms with E-state index < -0.39 is 27.2 Å². The second-order valence-electron chi connectivity index (χ2n) is 5.97. The van der Waals surface area contributed by atoms with Crippen molar-refractivity contribution >= 4 is 27.8 Å². The number of ether oxygens (including phenoxy) is 1. The molecule has 2 fully saturated rings. The molecular weight excluding hydrogens is 310 g/mol. The maximum atomic E-state index is 12.6. The number of methoxy groups -OCH3 is 1. The van der Waals surface area contributed by atoms with Gasteiger partial charge in [0.15, 0.2) is 0 Å². The molecular formula is C14H25NO4S2. The molecule has 2 unspecified atom stereocenters. The van der Waals surface area contributed by atoms with Crippen LogP contribution in [0.15, 0.2) is 0 Å². The fourth-order valence-electron chi connectivity index (χ4n) is 3.45. The molecule has 0 aromatic carbocycles.